The lowest BCUT2D eigenvalue weighted by Crippen LogP contribution is -2.29. The summed E-state index contributed by atoms with van der Waals surface area (Å²) in [7, 11) is -1.96. The molecule has 0 atom stereocenters. The third-order valence-corrected chi connectivity index (χ3v) is 2.82. The van der Waals surface area contributed by atoms with E-state index in [2.05, 4.69) is 0 Å². The van der Waals surface area contributed by atoms with Gasteiger partial charge >= 0.3 is 6.18 Å². The van der Waals surface area contributed by atoms with Crippen molar-refractivity contribution >= 4 is 19.9 Å². The summed E-state index contributed by atoms with van der Waals surface area (Å²) in [6.07, 6.45) is -4.37. The predicted octanol–water partition coefficient (Wildman–Crippen LogP) is 4.57. The van der Waals surface area contributed by atoms with E-state index in [0.29, 0.717) is 0 Å². The summed E-state index contributed by atoms with van der Waals surface area (Å²) in [5.41, 5.74) is -0.745. The Labute approximate surface area is 98.3 Å². The Hall–Kier alpha value is -0.683. The molecule has 0 N–H and O–H groups in total. The molecular weight excluding hydrogens is 257 g/mol. The van der Waals surface area contributed by atoms with Gasteiger partial charge in [0.25, 0.3) is 0 Å². The molecule has 16 heavy (non-hydrogen) atoms. The number of alkyl halides is 3. The van der Waals surface area contributed by atoms with Gasteiger partial charge in [0.15, 0.2) is 0 Å². The topological polar surface area (TPSA) is 9.23 Å². The Balaban J connectivity index is 3.10. The van der Waals surface area contributed by atoms with Crippen LogP contribution in [0.3, 0.4) is 0 Å². The maximum absolute atomic E-state index is 12.4. The highest BCUT2D eigenvalue weighted by Gasteiger charge is 2.31. The zero-order chi connectivity index (χ0) is 12.6. The second-order valence-electron chi connectivity index (χ2n) is 4.36. The Morgan fingerprint density at radius 2 is 1.75 bits per heavy atom. The van der Waals surface area contributed by atoms with Gasteiger partial charge in [-0.2, -0.15) is 13.2 Å². The van der Waals surface area contributed by atoms with Gasteiger partial charge < -0.3 is 4.43 Å². The van der Waals surface area contributed by atoms with E-state index in [1.165, 1.54) is 6.07 Å². The minimum absolute atomic E-state index is 0.107. The van der Waals surface area contributed by atoms with Crippen molar-refractivity contribution in [2.75, 3.05) is 0 Å². The molecule has 0 aliphatic rings. The van der Waals surface area contributed by atoms with Crippen molar-refractivity contribution in [1.82, 2.24) is 0 Å². The zero-order valence-corrected chi connectivity index (χ0v) is 10.9. The number of halogens is 4. The van der Waals surface area contributed by atoms with Crippen molar-refractivity contribution < 1.29 is 17.6 Å². The van der Waals surface area contributed by atoms with E-state index >= 15 is 0 Å². The van der Waals surface area contributed by atoms with Crippen LogP contribution in [-0.4, -0.2) is 8.32 Å². The van der Waals surface area contributed by atoms with E-state index < -0.39 is 20.1 Å². The van der Waals surface area contributed by atoms with Crippen LogP contribution in [0, 0.1) is 0 Å². The van der Waals surface area contributed by atoms with E-state index in [1.54, 1.807) is 0 Å². The van der Waals surface area contributed by atoms with E-state index in [4.69, 9.17) is 16.0 Å². The second kappa shape index (κ2) is 4.29. The van der Waals surface area contributed by atoms with Gasteiger partial charge in [-0.15, -0.1) is 0 Å². The van der Waals surface area contributed by atoms with Gasteiger partial charge in [-0.25, -0.2) is 0 Å². The smallest absolute Gasteiger partial charge is 0.416 e. The summed E-state index contributed by atoms with van der Waals surface area (Å²) >= 11 is 5.78. The molecule has 90 valence electrons. The number of rotatable bonds is 2. The van der Waals surface area contributed by atoms with Crippen LogP contribution in [-0.2, 0) is 6.18 Å². The van der Waals surface area contributed by atoms with Gasteiger partial charge in [-0.3, -0.25) is 0 Å². The molecule has 0 saturated heterocycles. The maximum atomic E-state index is 12.4. The van der Waals surface area contributed by atoms with E-state index in [-0.39, 0.29) is 10.8 Å². The van der Waals surface area contributed by atoms with Gasteiger partial charge in [0.05, 0.1) is 10.6 Å². The predicted molar refractivity (Wildman–Crippen MR) is 60.4 cm³/mol. The third kappa shape index (κ3) is 3.72. The van der Waals surface area contributed by atoms with Crippen LogP contribution in [0.1, 0.15) is 5.56 Å². The molecule has 1 rings (SSSR count). The Morgan fingerprint density at radius 1 is 1.19 bits per heavy atom. The van der Waals surface area contributed by atoms with Crippen molar-refractivity contribution in [2.24, 2.45) is 0 Å². The quantitative estimate of drug-likeness (QED) is 0.714. The molecule has 0 spiro atoms. The van der Waals surface area contributed by atoms with Crippen molar-refractivity contribution in [2.45, 2.75) is 25.8 Å². The minimum atomic E-state index is -4.37. The number of hydrogen-bond donors (Lipinski definition) is 0. The molecule has 0 radical (unpaired) electrons. The third-order valence-electron chi connectivity index (χ3n) is 1.67. The van der Waals surface area contributed by atoms with Gasteiger partial charge in [-0.05, 0) is 37.8 Å². The lowest BCUT2D eigenvalue weighted by Gasteiger charge is -2.21. The summed E-state index contributed by atoms with van der Waals surface area (Å²) in [6, 6.07) is 3.10. The molecule has 6 heteroatoms. The molecule has 1 aromatic rings. The standard InChI is InChI=1S/C10H12ClF3OSi/c1-16(2,3)15-9-6-7(10(12,13)14)4-5-8(9)11/h4-6H,1-3H3. The SMILES string of the molecule is C[Si](C)(C)Oc1cc(C(F)(F)F)ccc1Cl. The molecule has 0 aliphatic heterocycles. The van der Waals surface area contributed by atoms with Gasteiger partial charge in [0.1, 0.15) is 5.75 Å². The summed E-state index contributed by atoms with van der Waals surface area (Å²) in [4.78, 5) is 0. The van der Waals surface area contributed by atoms with Crippen LogP contribution in [0.25, 0.3) is 0 Å². The average molecular weight is 269 g/mol. The molecule has 1 nitrogen and oxygen atoms in total. The molecule has 0 bridgehead atoms. The Bertz CT molecular complexity index is 385. The summed E-state index contributed by atoms with van der Waals surface area (Å²) in [6.45, 7) is 5.64. The van der Waals surface area contributed by atoms with Crippen LogP contribution in [0.5, 0.6) is 5.75 Å². The molecule has 0 heterocycles. The van der Waals surface area contributed by atoms with E-state index in [1.807, 2.05) is 19.6 Å². The summed E-state index contributed by atoms with van der Waals surface area (Å²) < 4.78 is 42.8. The van der Waals surface area contributed by atoms with Gasteiger partial charge in [-0.1, -0.05) is 11.6 Å². The number of hydrogen-bond acceptors (Lipinski definition) is 1. The Morgan fingerprint density at radius 3 is 2.19 bits per heavy atom. The molecule has 0 aliphatic carbocycles. The first kappa shape index (κ1) is 13.4. The average Bonchev–Trinajstić information content (AvgIpc) is 2.04. The van der Waals surface area contributed by atoms with E-state index in [9.17, 15) is 13.2 Å². The van der Waals surface area contributed by atoms with Crippen molar-refractivity contribution in [1.29, 1.82) is 0 Å². The molecule has 0 fully saturated rings. The molecule has 0 saturated carbocycles. The monoisotopic (exact) mass is 268 g/mol. The molecule has 0 amide bonds. The molecule has 0 aromatic heterocycles. The highest BCUT2D eigenvalue weighted by molar-refractivity contribution is 6.70. The largest absolute Gasteiger partial charge is 0.543 e. The van der Waals surface area contributed by atoms with Gasteiger partial charge in [0, 0.05) is 0 Å². The van der Waals surface area contributed by atoms with Crippen molar-refractivity contribution in [3.63, 3.8) is 0 Å². The van der Waals surface area contributed by atoms with Crippen LogP contribution >= 0.6 is 11.6 Å². The van der Waals surface area contributed by atoms with Gasteiger partial charge in [0.2, 0.25) is 8.32 Å². The Kier molecular flexibility index (Phi) is 3.59. The van der Waals surface area contributed by atoms with Crippen LogP contribution < -0.4 is 4.43 Å². The first-order valence-corrected chi connectivity index (χ1v) is 8.44. The number of benzene rings is 1. The molecule has 1 aromatic carbocycles. The van der Waals surface area contributed by atoms with Crippen LogP contribution in [0.4, 0.5) is 13.2 Å². The fourth-order valence-corrected chi connectivity index (χ4v) is 2.14. The normalized spacial score (nSPS) is 12.7. The fourth-order valence-electron chi connectivity index (χ4n) is 1.09. The van der Waals surface area contributed by atoms with Crippen LogP contribution in [0.15, 0.2) is 18.2 Å². The second-order valence-corrected chi connectivity index (χ2v) is 9.19. The summed E-state index contributed by atoms with van der Waals surface area (Å²) in [5.74, 6) is 0.107. The first-order chi connectivity index (χ1) is 7.09. The van der Waals surface area contributed by atoms with Crippen molar-refractivity contribution in [3.8, 4) is 5.75 Å². The fraction of sp³-hybridized carbons (Fsp3) is 0.400. The zero-order valence-electron chi connectivity index (χ0n) is 9.15. The van der Waals surface area contributed by atoms with E-state index in [0.717, 1.165) is 12.1 Å². The minimum Gasteiger partial charge on any atom is -0.543 e. The lowest BCUT2D eigenvalue weighted by molar-refractivity contribution is -0.137. The first-order valence-electron chi connectivity index (χ1n) is 4.65. The molecular formula is C10H12ClF3OSi. The highest BCUT2D eigenvalue weighted by atomic mass is 35.5. The highest BCUT2D eigenvalue weighted by Crippen LogP contribution is 2.35. The maximum Gasteiger partial charge on any atom is 0.416 e. The lowest BCUT2D eigenvalue weighted by atomic mass is 10.2. The van der Waals surface area contributed by atoms with Crippen molar-refractivity contribution in [3.05, 3.63) is 28.8 Å². The molecule has 0 unspecified atom stereocenters. The summed E-state index contributed by atoms with van der Waals surface area (Å²) in [5, 5.41) is 0.204. The van der Waals surface area contributed by atoms with Crippen LogP contribution in [0.2, 0.25) is 24.7 Å².